The Morgan fingerprint density at radius 2 is 1.81 bits per heavy atom. The van der Waals surface area contributed by atoms with Crippen LogP contribution in [0.1, 0.15) is 99.8 Å². The molecule has 32 heavy (non-hydrogen) atoms. The average Bonchev–Trinajstić information content (AvgIpc) is 3.09. The van der Waals surface area contributed by atoms with Crippen LogP contribution in [-0.4, -0.2) is 11.2 Å². The van der Waals surface area contributed by atoms with E-state index >= 15 is 0 Å². The molecule has 0 saturated heterocycles. The zero-order valence-corrected chi connectivity index (χ0v) is 22.1. The summed E-state index contributed by atoms with van der Waals surface area (Å²) in [6, 6.07) is 0. The highest BCUT2D eigenvalue weighted by atomic mass is 16.3. The maximum Gasteiger partial charge on any atom is 0.0577 e. The molecule has 0 bridgehead atoms. The molecule has 0 aromatic heterocycles. The highest BCUT2D eigenvalue weighted by Crippen LogP contribution is 2.67. The molecule has 3 fully saturated rings. The summed E-state index contributed by atoms with van der Waals surface area (Å²) in [5, 5.41) is 10.3. The molecule has 0 heterocycles. The zero-order valence-electron chi connectivity index (χ0n) is 22.1. The van der Waals surface area contributed by atoms with E-state index in [1.54, 1.807) is 5.57 Å². The van der Waals surface area contributed by atoms with E-state index in [4.69, 9.17) is 0 Å². The van der Waals surface area contributed by atoms with Crippen LogP contribution in [0.4, 0.5) is 0 Å². The molecule has 180 valence electrons. The van der Waals surface area contributed by atoms with Gasteiger partial charge in [-0.15, -0.1) is 0 Å². The smallest absolute Gasteiger partial charge is 0.0577 e. The first-order valence-electron chi connectivity index (χ1n) is 13.7. The van der Waals surface area contributed by atoms with Gasteiger partial charge in [-0.25, -0.2) is 0 Å². The number of aliphatic hydroxyl groups is 1. The predicted molar refractivity (Wildman–Crippen MR) is 137 cm³/mol. The Labute approximate surface area is 198 Å². The molecular weight excluding hydrogens is 388 g/mol. The summed E-state index contributed by atoms with van der Waals surface area (Å²) in [7, 11) is 0. The third-order valence-corrected chi connectivity index (χ3v) is 11.1. The number of rotatable bonds is 5. The van der Waals surface area contributed by atoms with E-state index in [2.05, 4.69) is 73.3 Å². The van der Waals surface area contributed by atoms with E-state index in [1.165, 1.54) is 44.1 Å². The lowest BCUT2D eigenvalue weighted by molar-refractivity contribution is -0.0540. The fourth-order valence-corrected chi connectivity index (χ4v) is 8.92. The van der Waals surface area contributed by atoms with Crippen LogP contribution in [0.2, 0.25) is 0 Å². The van der Waals surface area contributed by atoms with Crippen LogP contribution in [0.5, 0.6) is 0 Å². The number of allylic oxidation sites excluding steroid dienone is 4. The molecule has 1 nitrogen and oxygen atoms in total. The van der Waals surface area contributed by atoms with Crippen LogP contribution in [0, 0.1) is 51.8 Å². The molecule has 0 aromatic rings. The Morgan fingerprint density at radius 1 is 1.09 bits per heavy atom. The van der Waals surface area contributed by atoms with E-state index in [0.29, 0.717) is 22.7 Å². The maximum absolute atomic E-state index is 10.3. The minimum absolute atomic E-state index is 0.0731. The molecule has 4 aliphatic rings. The van der Waals surface area contributed by atoms with Gasteiger partial charge in [0.25, 0.3) is 0 Å². The molecule has 1 N–H and O–H groups in total. The topological polar surface area (TPSA) is 20.2 Å². The molecule has 4 aliphatic carbocycles. The van der Waals surface area contributed by atoms with Crippen molar-refractivity contribution in [3.8, 4) is 0 Å². The average molecular weight is 439 g/mol. The first-order valence-corrected chi connectivity index (χ1v) is 13.7. The monoisotopic (exact) mass is 438 g/mol. The van der Waals surface area contributed by atoms with Gasteiger partial charge in [0, 0.05) is 5.41 Å². The Morgan fingerprint density at radius 3 is 2.50 bits per heavy atom. The first-order chi connectivity index (χ1) is 14.9. The molecule has 4 rings (SSSR count). The van der Waals surface area contributed by atoms with Crippen LogP contribution in [0.15, 0.2) is 36.0 Å². The molecule has 0 aliphatic heterocycles. The van der Waals surface area contributed by atoms with Gasteiger partial charge in [0.1, 0.15) is 0 Å². The third kappa shape index (κ3) is 3.89. The van der Waals surface area contributed by atoms with Crippen molar-refractivity contribution in [3.05, 3.63) is 36.0 Å². The summed E-state index contributed by atoms with van der Waals surface area (Å²) in [5.74, 6) is 4.54. The molecule has 0 radical (unpaired) electrons. The quantitative estimate of drug-likeness (QED) is 0.427. The molecular formula is C31H50O. The third-order valence-electron chi connectivity index (χ3n) is 11.1. The highest BCUT2D eigenvalue weighted by molar-refractivity contribution is 5.26. The standard InChI is InChI=1S/C31H50O/c1-20(2)22(4)29(5,6)16-13-21(3)26-11-12-27-25-10-9-23-19-24(32)14-17-30(23,7)28(25)15-18-31(26,27)8/h9,13,16,20-21,24-28,32H,4,10-12,14-15,17-19H2,1-3,5-8H3/b16-13+/t21-,24?,25?,26?,27?,28?,30?,31?/m1/s1. The maximum atomic E-state index is 10.3. The Balaban J connectivity index is 1.52. The number of hydrogen-bond acceptors (Lipinski definition) is 1. The Kier molecular flexibility index (Phi) is 6.41. The summed E-state index contributed by atoms with van der Waals surface area (Å²) < 4.78 is 0. The number of fused-ring (bicyclic) bond motifs is 5. The number of aliphatic hydroxyl groups excluding tert-OH is 1. The second-order valence-corrected chi connectivity index (χ2v) is 13.5. The van der Waals surface area contributed by atoms with Gasteiger partial charge in [-0.05, 0) is 97.7 Å². The molecule has 0 aromatic carbocycles. The SMILES string of the molecule is C=C(C(C)C)C(C)(C)/C=C/[C@@H](C)C1CCC2C3CC=C4CC(O)CCC4(C)C3CCC21C. The second kappa shape index (κ2) is 8.44. The van der Waals surface area contributed by atoms with Gasteiger partial charge in [0.15, 0.2) is 0 Å². The zero-order chi connectivity index (χ0) is 23.5. The lowest BCUT2D eigenvalue weighted by Gasteiger charge is -2.58. The fraction of sp³-hybridized carbons (Fsp3) is 0.806. The number of hydrogen-bond donors (Lipinski definition) is 1. The molecule has 3 saturated carbocycles. The van der Waals surface area contributed by atoms with Crippen molar-refractivity contribution in [2.24, 2.45) is 51.8 Å². The van der Waals surface area contributed by atoms with Gasteiger partial charge in [0.05, 0.1) is 6.10 Å². The van der Waals surface area contributed by atoms with Crippen molar-refractivity contribution >= 4 is 0 Å². The lowest BCUT2D eigenvalue weighted by atomic mass is 9.47. The summed E-state index contributed by atoms with van der Waals surface area (Å²) >= 11 is 0. The van der Waals surface area contributed by atoms with Crippen LogP contribution in [0.25, 0.3) is 0 Å². The van der Waals surface area contributed by atoms with E-state index in [9.17, 15) is 5.11 Å². The lowest BCUT2D eigenvalue weighted by Crippen LogP contribution is -2.50. The summed E-state index contributed by atoms with van der Waals surface area (Å²) in [6.07, 6.45) is 17.5. The van der Waals surface area contributed by atoms with Gasteiger partial charge in [-0.3, -0.25) is 0 Å². The van der Waals surface area contributed by atoms with E-state index in [1.807, 2.05) is 0 Å². The largest absolute Gasteiger partial charge is 0.393 e. The van der Waals surface area contributed by atoms with E-state index in [0.717, 1.165) is 36.5 Å². The van der Waals surface area contributed by atoms with Crippen molar-refractivity contribution in [1.82, 2.24) is 0 Å². The van der Waals surface area contributed by atoms with Crippen LogP contribution in [0.3, 0.4) is 0 Å². The highest BCUT2D eigenvalue weighted by Gasteiger charge is 2.59. The summed E-state index contributed by atoms with van der Waals surface area (Å²) in [4.78, 5) is 0. The van der Waals surface area contributed by atoms with Gasteiger partial charge >= 0.3 is 0 Å². The molecule has 8 atom stereocenters. The first kappa shape index (κ1) is 24.3. The van der Waals surface area contributed by atoms with Crippen molar-refractivity contribution in [2.45, 2.75) is 106 Å². The summed E-state index contributed by atoms with van der Waals surface area (Å²) in [5.41, 5.74) is 3.85. The van der Waals surface area contributed by atoms with Gasteiger partial charge in [0.2, 0.25) is 0 Å². The Bertz CT molecular complexity index is 784. The van der Waals surface area contributed by atoms with E-state index in [-0.39, 0.29) is 11.5 Å². The van der Waals surface area contributed by atoms with Crippen LogP contribution >= 0.6 is 0 Å². The van der Waals surface area contributed by atoms with Gasteiger partial charge < -0.3 is 5.11 Å². The minimum atomic E-state index is -0.0979. The summed E-state index contributed by atoms with van der Waals surface area (Å²) in [6.45, 7) is 21.3. The van der Waals surface area contributed by atoms with Gasteiger partial charge in [-0.2, -0.15) is 0 Å². The van der Waals surface area contributed by atoms with Crippen LogP contribution in [-0.2, 0) is 0 Å². The molecule has 0 amide bonds. The van der Waals surface area contributed by atoms with Crippen molar-refractivity contribution in [2.75, 3.05) is 0 Å². The van der Waals surface area contributed by atoms with Crippen molar-refractivity contribution in [1.29, 1.82) is 0 Å². The molecule has 7 unspecified atom stereocenters. The predicted octanol–water partition coefficient (Wildman–Crippen LogP) is 8.36. The minimum Gasteiger partial charge on any atom is -0.393 e. The van der Waals surface area contributed by atoms with Crippen molar-refractivity contribution in [3.63, 3.8) is 0 Å². The normalized spacial score (nSPS) is 42.9. The fourth-order valence-electron chi connectivity index (χ4n) is 8.92. The second-order valence-electron chi connectivity index (χ2n) is 13.5. The van der Waals surface area contributed by atoms with Crippen LogP contribution < -0.4 is 0 Å². The van der Waals surface area contributed by atoms with Crippen molar-refractivity contribution < 1.29 is 5.11 Å². The molecule has 1 heteroatoms. The van der Waals surface area contributed by atoms with E-state index < -0.39 is 0 Å². The Hall–Kier alpha value is -0.820. The molecule has 0 spiro atoms. The van der Waals surface area contributed by atoms with Gasteiger partial charge in [-0.1, -0.05) is 84.4 Å².